The van der Waals surface area contributed by atoms with Crippen LogP contribution in [0.2, 0.25) is 0 Å². The number of para-hydroxylation sites is 1. The molecule has 0 saturated heterocycles. The maximum absolute atomic E-state index is 5.78. The topological polar surface area (TPSA) is 34.1 Å². The Balaban J connectivity index is 1.51. The minimum Gasteiger partial charge on any atom is -0.486 e. The van der Waals surface area contributed by atoms with Crippen molar-refractivity contribution in [1.82, 2.24) is 0 Å². The third-order valence-electron chi connectivity index (χ3n) is 5.31. The van der Waals surface area contributed by atoms with Gasteiger partial charge in [-0.3, -0.25) is 5.01 Å². The maximum Gasteiger partial charge on any atom is 0.162 e. The first-order valence-electron chi connectivity index (χ1n) is 9.77. The van der Waals surface area contributed by atoms with Crippen LogP contribution in [0, 0.1) is 0 Å². The van der Waals surface area contributed by atoms with Crippen LogP contribution in [0.4, 0.5) is 5.69 Å². The summed E-state index contributed by atoms with van der Waals surface area (Å²) in [6.45, 7) is 1.19. The fourth-order valence-corrected chi connectivity index (χ4v) is 4.22. The highest BCUT2D eigenvalue weighted by Gasteiger charge is 2.30. The Kier molecular flexibility index (Phi) is 4.90. The van der Waals surface area contributed by atoms with Crippen molar-refractivity contribution in [3.63, 3.8) is 0 Å². The molecule has 1 unspecified atom stereocenters. The summed E-state index contributed by atoms with van der Waals surface area (Å²) in [5.41, 5.74) is 4.50. The van der Waals surface area contributed by atoms with Crippen LogP contribution in [0.15, 0.2) is 82.8 Å². The number of rotatable bonds is 4. The van der Waals surface area contributed by atoms with Gasteiger partial charge in [0.2, 0.25) is 0 Å². The van der Waals surface area contributed by atoms with E-state index >= 15 is 0 Å². The monoisotopic (exact) mass is 402 g/mol. The molecular formula is C24H22N2O2S. The smallest absolute Gasteiger partial charge is 0.162 e. The lowest BCUT2D eigenvalue weighted by molar-refractivity contribution is 0.171. The summed E-state index contributed by atoms with van der Waals surface area (Å²) in [5, 5.41) is 7.17. The average Bonchev–Trinajstić information content (AvgIpc) is 3.25. The molecule has 2 heterocycles. The number of hydrogen-bond acceptors (Lipinski definition) is 5. The quantitative estimate of drug-likeness (QED) is 0.537. The van der Waals surface area contributed by atoms with E-state index in [1.54, 1.807) is 11.8 Å². The molecule has 0 aliphatic carbocycles. The van der Waals surface area contributed by atoms with Crippen molar-refractivity contribution >= 4 is 23.2 Å². The van der Waals surface area contributed by atoms with Gasteiger partial charge >= 0.3 is 0 Å². The third-order valence-corrected chi connectivity index (χ3v) is 6.05. The van der Waals surface area contributed by atoms with E-state index in [-0.39, 0.29) is 6.04 Å². The van der Waals surface area contributed by atoms with E-state index < -0.39 is 0 Å². The molecule has 0 amide bonds. The second-order valence-corrected chi connectivity index (χ2v) is 7.96. The molecule has 3 aromatic carbocycles. The van der Waals surface area contributed by atoms with E-state index in [9.17, 15) is 0 Å². The molecule has 0 aromatic heterocycles. The molecule has 0 saturated carbocycles. The van der Waals surface area contributed by atoms with Gasteiger partial charge in [0.1, 0.15) is 13.2 Å². The van der Waals surface area contributed by atoms with E-state index in [0.29, 0.717) is 13.2 Å². The molecule has 4 nitrogen and oxygen atoms in total. The van der Waals surface area contributed by atoms with Crippen LogP contribution in [0.25, 0.3) is 0 Å². The van der Waals surface area contributed by atoms with Crippen LogP contribution in [0.3, 0.4) is 0 Å². The first-order valence-corrected chi connectivity index (χ1v) is 11.0. The summed E-state index contributed by atoms with van der Waals surface area (Å²) in [7, 11) is 0. The largest absolute Gasteiger partial charge is 0.486 e. The summed E-state index contributed by atoms with van der Waals surface area (Å²) >= 11 is 1.76. The van der Waals surface area contributed by atoms with Gasteiger partial charge in [0.15, 0.2) is 11.5 Å². The minimum absolute atomic E-state index is 0.163. The fraction of sp³-hybridized carbons (Fsp3) is 0.208. The molecule has 5 rings (SSSR count). The van der Waals surface area contributed by atoms with Crippen molar-refractivity contribution in [3.8, 4) is 11.5 Å². The SMILES string of the molecule is CSc1ccc(C2CC(c3ccc4c(c3)OCCO4)=NN2c2ccccc2)cc1. The van der Waals surface area contributed by atoms with Gasteiger partial charge < -0.3 is 9.47 Å². The Hall–Kier alpha value is -2.92. The van der Waals surface area contributed by atoms with Crippen molar-refractivity contribution in [2.45, 2.75) is 17.4 Å². The Labute approximate surface area is 175 Å². The van der Waals surface area contributed by atoms with Gasteiger partial charge in [-0.15, -0.1) is 11.8 Å². The zero-order chi connectivity index (χ0) is 19.6. The van der Waals surface area contributed by atoms with E-state index in [4.69, 9.17) is 14.6 Å². The molecule has 0 fully saturated rings. The second kappa shape index (κ2) is 7.84. The molecule has 5 heteroatoms. The highest BCUT2D eigenvalue weighted by molar-refractivity contribution is 7.98. The molecule has 1 atom stereocenters. The molecular weight excluding hydrogens is 380 g/mol. The van der Waals surface area contributed by atoms with Crippen LogP contribution >= 0.6 is 11.8 Å². The summed E-state index contributed by atoms with van der Waals surface area (Å²) in [6.07, 6.45) is 2.94. The number of nitrogens with zero attached hydrogens (tertiary/aromatic N) is 2. The van der Waals surface area contributed by atoms with Gasteiger partial charge in [0, 0.05) is 16.9 Å². The van der Waals surface area contributed by atoms with E-state index in [0.717, 1.165) is 34.9 Å². The Bertz CT molecular complexity index is 1030. The van der Waals surface area contributed by atoms with Crippen LogP contribution in [0.5, 0.6) is 11.5 Å². The van der Waals surface area contributed by atoms with Crippen molar-refractivity contribution < 1.29 is 9.47 Å². The molecule has 0 spiro atoms. The first-order chi connectivity index (χ1) is 14.3. The number of anilines is 1. The molecule has 0 radical (unpaired) electrons. The molecule has 2 aliphatic heterocycles. The minimum atomic E-state index is 0.163. The summed E-state index contributed by atoms with van der Waals surface area (Å²) in [6, 6.07) is 25.5. The van der Waals surface area contributed by atoms with Gasteiger partial charge in [-0.25, -0.2) is 0 Å². The predicted molar refractivity (Wildman–Crippen MR) is 118 cm³/mol. The number of benzene rings is 3. The lowest BCUT2D eigenvalue weighted by atomic mass is 9.98. The molecule has 0 N–H and O–H groups in total. The number of fused-ring (bicyclic) bond motifs is 1. The normalized spacial score (nSPS) is 17.9. The Morgan fingerprint density at radius 2 is 1.66 bits per heavy atom. The van der Waals surface area contributed by atoms with Crippen molar-refractivity contribution in [1.29, 1.82) is 0 Å². The van der Waals surface area contributed by atoms with Gasteiger partial charge in [-0.1, -0.05) is 30.3 Å². The van der Waals surface area contributed by atoms with Crippen LogP contribution in [-0.4, -0.2) is 25.2 Å². The van der Waals surface area contributed by atoms with Crippen LogP contribution < -0.4 is 14.5 Å². The fourth-order valence-electron chi connectivity index (χ4n) is 3.81. The number of ether oxygens (including phenoxy) is 2. The first kappa shape index (κ1) is 18.1. The lowest BCUT2D eigenvalue weighted by Gasteiger charge is -2.24. The summed E-state index contributed by atoms with van der Waals surface area (Å²) < 4.78 is 11.4. The zero-order valence-electron chi connectivity index (χ0n) is 16.2. The van der Waals surface area contributed by atoms with Gasteiger partial charge in [0.05, 0.1) is 17.4 Å². The highest BCUT2D eigenvalue weighted by Crippen LogP contribution is 2.39. The van der Waals surface area contributed by atoms with E-state index in [1.807, 2.05) is 12.1 Å². The third kappa shape index (κ3) is 3.58. The number of hydrogen-bond donors (Lipinski definition) is 0. The summed E-state index contributed by atoms with van der Waals surface area (Å²) in [4.78, 5) is 1.27. The standard InChI is InChI=1S/C24H22N2O2S/c1-29-20-10-7-17(8-11-20)22-16-21(25-26(22)19-5-3-2-4-6-19)18-9-12-23-24(15-18)28-14-13-27-23/h2-12,15,22H,13-14,16H2,1H3. The van der Waals surface area contributed by atoms with E-state index in [1.165, 1.54) is 10.5 Å². The van der Waals surface area contributed by atoms with Gasteiger partial charge in [0.25, 0.3) is 0 Å². The van der Waals surface area contributed by atoms with Gasteiger partial charge in [-0.05, 0) is 54.3 Å². The van der Waals surface area contributed by atoms with Crippen LogP contribution in [-0.2, 0) is 0 Å². The van der Waals surface area contributed by atoms with E-state index in [2.05, 4.69) is 71.9 Å². The zero-order valence-corrected chi connectivity index (χ0v) is 17.1. The molecule has 0 bridgehead atoms. The lowest BCUT2D eigenvalue weighted by Crippen LogP contribution is -2.18. The molecule has 3 aromatic rings. The maximum atomic E-state index is 5.78. The predicted octanol–water partition coefficient (Wildman–Crippen LogP) is 5.54. The molecule has 2 aliphatic rings. The number of hydrazone groups is 1. The molecule has 146 valence electrons. The van der Waals surface area contributed by atoms with Crippen LogP contribution in [0.1, 0.15) is 23.6 Å². The van der Waals surface area contributed by atoms with Crippen molar-refractivity contribution in [3.05, 3.63) is 83.9 Å². The van der Waals surface area contributed by atoms with Crippen molar-refractivity contribution in [2.75, 3.05) is 24.5 Å². The Morgan fingerprint density at radius 3 is 2.41 bits per heavy atom. The Morgan fingerprint density at radius 1 is 0.897 bits per heavy atom. The summed E-state index contributed by atoms with van der Waals surface area (Å²) in [5.74, 6) is 1.61. The second-order valence-electron chi connectivity index (χ2n) is 7.08. The average molecular weight is 403 g/mol. The van der Waals surface area contributed by atoms with Gasteiger partial charge in [-0.2, -0.15) is 5.10 Å². The van der Waals surface area contributed by atoms with Crippen molar-refractivity contribution in [2.24, 2.45) is 5.10 Å². The number of thioether (sulfide) groups is 1. The molecule has 29 heavy (non-hydrogen) atoms. The highest BCUT2D eigenvalue weighted by atomic mass is 32.2.